The minimum atomic E-state index is -4.32. The van der Waals surface area contributed by atoms with E-state index in [0.29, 0.717) is 24.8 Å². The van der Waals surface area contributed by atoms with Gasteiger partial charge in [0, 0.05) is 12.5 Å². The van der Waals surface area contributed by atoms with Crippen LogP contribution in [0.4, 0.5) is 13.2 Å². The van der Waals surface area contributed by atoms with Crippen LogP contribution in [0.2, 0.25) is 0 Å². The van der Waals surface area contributed by atoms with Gasteiger partial charge in [-0.1, -0.05) is 12.1 Å². The predicted octanol–water partition coefficient (Wildman–Crippen LogP) is 2.88. The zero-order valence-electron chi connectivity index (χ0n) is 10.6. The number of alkyl halides is 3. The first-order valence-corrected chi connectivity index (χ1v) is 6.43. The van der Waals surface area contributed by atoms with Crippen molar-refractivity contribution in [3.05, 3.63) is 35.4 Å². The minimum absolute atomic E-state index is 0.0202. The molecule has 0 aromatic heterocycles. The summed E-state index contributed by atoms with van der Waals surface area (Å²) < 4.78 is 37.3. The summed E-state index contributed by atoms with van der Waals surface area (Å²) in [5.74, 6) is 0. The van der Waals surface area contributed by atoms with Crippen LogP contribution in [0.3, 0.4) is 0 Å². The summed E-state index contributed by atoms with van der Waals surface area (Å²) in [4.78, 5) is 0. The molecular weight excluding hydrogens is 255 g/mol. The summed E-state index contributed by atoms with van der Waals surface area (Å²) >= 11 is 0. The highest BCUT2D eigenvalue weighted by Crippen LogP contribution is 2.32. The average molecular weight is 273 g/mol. The number of benzene rings is 1. The van der Waals surface area contributed by atoms with Gasteiger partial charge in [0.15, 0.2) is 0 Å². The van der Waals surface area contributed by atoms with E-state index < -0.39 is 17.3 Å². The van der Waals surface area contributed by atoms with Crippen LogP contribution in [0.15, 0.2) is 24.3 Å². The molecule has 1 saturated carbocycles. The number of rotatable bonds is 2. The molecule has 2 atom stereocenters. The molecule has 0 saturated heterocycles. The molecule has 1 fully saturated rings. The smallest absolute Gasteiger partial charge is 0.389 e. The van der Waals surface area contributed by atoms with Gasteiger partial charge in [0.05, 0.1) is 11.2 Å². The van der Waals surface area contributed by atoms with E-state index >= 15 is 0 Å². The fourth-order valence-electron chi connectivity index (χ4n) is 2.74. The van der Waals surface area contributed by atoms with E-state index in [1.807, 2.05) is 0 Å². The van der Waals surface area contributed by atoms with Crippen molar-refractivity contribution in [3.63, 3.8) is 0 Å². The molecule has 3 N–H and O–H groups in total. The Labute approximate surface area is 110 Å². The number of aliphatic hydroxyl groups is 1. The Morgan fingerprint density at radius 2 is 1.89 bits per heavy atom. The van der Waals surface area contributed by atoms with Crippen LogP contribution in [-0.2, 0) is 12.6 Å². The van der Waals surface area contributed by atoms with Gasteiger partial charge in [0.25, 0.3) is 0 Å². The second kappa shape index (κ2) is 5.13. The van der Waals surface area contributed by atoms with E-state index in [-0.39, 0.29) is 6.04 Å². The molecule has 1 aromatic carbocycles. The zero-order chi connectivity index (χ0) is 14.1. The van der Waals surface area contributed by atoms with Crippen molar-refractivity contribution in [2.75, 3.05) is 0 Å². The van der Waals surface area contributed by atoms with Crippen LogP contribution in [-0.4, -0.2) is 16.7 Å². The monoisotopic (exact) mass is 273 g/mol. The van der Waals surface area contributed by atoms with Crippen molar-refractivity contribution < 1.29 is 18.3 Å². The number of hydrogen-bond acceptors (Lipinski definition) is 2. The van der Waals surface area contributed by atoms with Crippen molar-refractivity contribution in [1.29, 1.82) is 0 Å². The Morgan fingerprint density at radius 1 is 1.26 bits per heavy atom. The van der Waals surface area contributed by atoms with Gasteiger partial charge in [-0.2, -0.15) is 13.2 Å². The topological polar surface area (TPSA) is 46.2 Å². The Hall–Kier alpha value is -1.07. The maximum Gasteiger partial charge on any atom is 0.416 e. The Morgan fingerprint density at radius 3 is 2.42 bits per heavy atom. The van der Waals surface area contributed by atoms with E-state index in [4.69, 9.17) is 5.73 Å². The summed E-state index contributed by atoms with van der Waals surface area (Å²) in [5.41, 5.74) is 5.01. The summed E-state index contributed by atoms with van der Waals surface area (Å²) in [5, 5.41) is 10.4. The van der Waals surface area contributed by atoms with Crippen LogP contribution in [0.1, 0.15) is 36.8 Å². The standard InChI is InChI=1S/C14H18F3NO/c15-14(16,17)11-5-3-10(4-6-11)8-13(19)7-1-2-12(18)9-13/h3-6,12,19H,1-2,7-9,18H2. The van der Waals surface area contributed by atoms with Crippen LogP contribution in [0.25, 0.3) is 0 Å². The molecular formula is C14H18F3NO. The van der Waals surface area contributed by atoms with Crippen LogP contribution in [0.5, 0.6) is 0 Å². The molecule has 1 aromatic rings. The first kappa shape index (κ1) is 14.3. The fraction of sp³-hybridized carbons (Fsp3) is 0.571. The molecule has 1 aliphatic rings. The molecule has 2 nitrogen and oxygen atoms in total. The Kier molecular flexibility index (Phi) is 3.87. The molecule has 0 spiro atoms. The second-order valence-electron chi connectivity index (χ2n) is 5.45. The molecule has 0 aliphatic heterocycles. The SMILES string of the molecule is NC1CCCC(O)(Cc2ccc(C(F)(F)F)cc2)C1. The van der Waals surface area contributed by atoms with Crippen LogP contribution < -0.4 is 5.73 Å². The molecule has 19 heavy (non-hydrogen) atoms. The maximum atomic E-state index is 12.4. The van der Waals surface area contributed by atoms with Crippen LogP contribution in [0, 0.1) is 0 Å². The predicted molar refractivity (Wildman–Crippen MR) is 66.5 cm³/mol. The highest BCUT2D eigenvalue weighted by molar-refractivity contribution is 5.25. The summed E-state index contributed by atoms with van der Waals surface area (Å²) in [6.45, 7) is 0. The van der Waals surface area contributed by atoms with Crippen molar-refractivity contribution >= 4 is 0 Å². The lowest BCUT2D eigenvalue weighted by Crippen LogP contribution is -2.42. The molecule has 0 heterocycles. The van der Waals surface area contributed by atoms with Gasteiger partial charge < -0.3 is 10.8 Å². The fourth-order valence-corrected chi connectivity index (χ4v) is 2.74. The third-order valence-corrected chi connectivity index (χ3v) is 3.67. The second-order valence-corrected chi connectivity index (χ2v) is 5.45. The quantitative estimate of drug-likeness (QED) is 0.870. The van der Waals surface area contributed by atoms with Gasteiger partial charge >= 0.3 is 6.18 Å². The molecule has 0 radical (unpaired) electrons. The van der Waals surface area contributed by atoms with E-state index in [1.165, 1.54) is 12.1 Å². The van der Waals surface area contributed by atoms with Crippen LogP contribution >= 0.6 is 0 Å². The highest BCUT2D eigenvalue weighted by Gasteiger charge is 2.34. The van der Waals surface area contributed by atoms with E-state index in [9.17, 15) is 18.3 Å². The van der Waals surface area contributed by atoms with Crippen molar-refractivity contribution in [3.8, 4) is 0 Å². The van der Waals surface area contributed by atoms with Gasteiger partial charge in [0.2, 0.25) is 0 Å². The largest absolute Gasteiger partial charge is 0.416 e. The lowest BCUT2D eigenvalue weighted by molar-refractivity contribution is -0.137. The average Bonchev–Trinajstić information content (AvgIpc) is 2.27. The number of halogens is 3. The van der Waals surface area contributed by atoms with Gasteiger partial charge in [0.1, 0.15) is 0 Å². The van der Waals surface area contributed by atoms with E-state index in [1.54, 1.807) is 0 Å². The van der Waals surface area contributed by atoms with Crippen molar-refractivity contribution in [1.82, 2.24) is 0 Å². The van der Waals surface area contributed by atoms with Gasteiger partial charge in [-0.3, -0.25) is 0 Å². The molecule has 0 amide bonds. The Balaban J connectivity index is 2.07. The molecule has 1 aliphatic carbocycles. The lowest BCUT2D eigenvalue weighted by Gasteiger charge is -2.35. The van der Waals surface area contributed by atoms with Gasteiger partial charge in [-0.15, -0.1) is 0 Å². The van der Waals surface area contributed by atoms with Gasteiger partial charge in [-0.25, -0.2) is 0 Å². The summed E-state index contributed by atoms with van der Waals surface area (Å²) in [6, 6.07) is 4.96. The lowest BCUT2D eigenvalue weighted by atomic mass is 9.78. The number of hydrogen-bond donors (Lipinski definition) is 2. The Bertz CT molecular complexity index is 429. The summed E-state index contributed by atoms with van der Waals surface area (Å²) in [7, 11) is 0. The normalized spacial score (nSPS) is 28.4. The van der Waals surface area contributed by atoms with E-state index in [2.05, 4.69) is 0 Å². The van der Waals surface area contributed by atoms with Crippen molar-refractivity contribution in [2.24, 2.45) is 5.73 Å². The first-order chi connectivity index (χ1) is 8.78. The molecule has 2 unspecified atom stereocenters. The third kappa shape index (κ3) is 3.70. The number of nitrogens with two attached hydrogens (primary N) is 1. The molecule has 106 valence electrons. The maximum absolute atomic E-state index is 12.4. The van der Waals surface area contributed by atoms with Gasteiger partial charge in [-0.05, 0) is 43.4 Å². The molecule has 2 rings (SSSR count). The minimum Gasteiger partial charge on any atom is -0.389 e. The third-order valence-electron chi connectivity index (χ3n) is 3.67. The van der Waals surface area contributed by atoms with Crippen molar-refractivity contribution in [2.45, 2.75) is 49.9 Å². The first-order valence-electron chi connectivity index (χ1n) is 6.43. The zero-order valence-corrected chi connectivity index (χ0v) is 10.6. The summed E-state index contributed by atoms with van der Waals surface area (Å²) in [6.07, 6.45) is -1.04. The molecule has 0 bridgehead atoms. The highest BCUT2D eigenvalue weighted by atomic mass is 19.4. The van der Waals surface area contributed by atoms with E-state index in [0.717, 1.165) is 25.0 Å². The molecule has 5 heteroatoms.